The van der Waals surface area contributed by atoms with Gasteiger partial charge in [0.25, 0.3) is 0 Å². The molecule has 9 amide bonds. The van der Waals surface area contributed by atoms with Gasteiger partial charge in [0.2, 0.25) is 53.2 Å². The summed E-state index contributed by atoms with van der Waals surface area (Å²) in [6, 6.07) is -5.22. The van der Waals surface area contributed by atoms with Gasteiger partial charge in [-0.25, -0.2) is 9.78 Å². The van der Waals surface area contributed by atoms with Crippen molar-refractivity contribution in [1.82, 2.24) is 62.4 Å². The van der Waals surface area contributed by atoms with Gasteiger partial charge in [0.1, 0.15) is 60.5 Å². The van der Waals surface area contributed by atoms with E-state index >= 15 is 4.79 Å². The van der Waals surface area contributed by atoms with Crippen molar-refractivity contribution in [3.63, 3.8) is 0 Å². The number of rotatable bonds is 18. The van der Waals surface area contributed by atoms with E-state index in [9.17, 15) is 48.3 Å². The van der Waals surface area contributed by atoms with Crippen LogP contribution in [-0.4, -0.2) is 159 Å². The quantitative estimate of drug-likeness (QED) is 0.0266. The highest BCUT2D eigenvalue weighted by molar-refractivity contribution is 6.00. The van der Waals surface area contributed by atoms with Crippen LogP contribution in [0.3, 0.4) is 0 Å². The van der Waals surface area contributed by atoms with E-state index < -0.39 is 120 Å². The lowest BCUT2D eigenvalue weighted by atomic mass is 9.81. The van der Waals surface area contributed by atoms with E-state index in [1.54, 1.807) is 35.9 Å². The van der Waals surface area contributed by atoms with Gasteiger partial charge < -0.3 is 80.9 Å². The van der Waals surface area contributed by atoms with E-state index in [4.69, 9.17) is 22.9 Å². The highest BCUT2D eigenvalue weighted by Gasteiger charge is 2.41. The Morgan fingerprint density at radius 3 is 2.11 bits per heavy atom. The van der Waals surface area contributed by atoms with E-state index in [-0.39, 0.29) is 106 Å². The van der Waals surface area contributed by atoms with Crippen LogP contribution in [0.4, 0.5) is 0 Å². The molecule has 7 bridgehead atoms. The minimum absolute atomic E-state index is 0.0382. The van der Waals surface area contributed by atoms with Gasteiger partial charge in [0.05, 0.1) is 12.2 Å². The highest BCUT2D eigenvalue weighted by Crippen LogP contribution is 2.35. The van der Waals surface area contributed by atoms with Crippen molar-refractivity contribution in [3.05, 3.63) is 47.5 Å². The molecule has 29 heteroatoms. The summed E-state index contributed by atoms with van der Waals surface area (Å²) in [4.78, 5) is 156. The normalized spacial score (nSPS) is 23.6. The summed E-state index contributed by atoms with van der Waals surface area (Å²) in [7, 11) is 0. The van der Waals surface area contributed by atoms with Crippen LogP contribution in [0.15, 0.2) is 40.7 Å². The summed E-state index contributed by atoms with van der Waals surface area (Å²) in [5.41, 5.74) is 23.7. The molecule has 1 fully saturated rings. The van der Waals surface area contributed by atoms with Crippen LogP contribution >= 0.6 is 0 Å². The fourth-order valence-corrected chi connectivity index (χ4v) is 10.5. The first-order chi connectivity index (χ1) is 39.3. The zero-order chi connectivity index (χ0) is 60.8. The molecule has 10 atom stereocenters. The van der Waals surface area contributed by atoms with Crippen molar-refractivity contribution in [2.75, 3.05) is 19.6 Å². The predicted molar refractivity (Wildman–Crippen MR) is 304 cm³/mol. The van der Waals surface area contributed by atoms with Crippen LogP contribution in [0.25, 0.3) is 16.7 Å². The summed E-state index contributed by atoms with van der Waals surface area (Å²) in [5.74, 6) is -9.89. The molecule has 7 rings (SSSR count). The number of H-pyrrole nitrogens is 1. The third-order valence-corrected chi connectivity index (χ3v) is 15.0. The summed E-state index contributed by atoms with van der Waals surface area (Å²) in [6.07, 6.45) is 3.33. The number of aromatic amines is 1. The highest BCUT2D eigenvalue weighted by atomic mass is 16.4. The predicted octanol–water partition coefficient (Wildman–Crippen LogP) is -2.72. The SMILES string of the molecule is CC[C@H](C)[C@@H]1NC(=O)[C@H](CC(C)C)NC(=O)[C@@H](NC(=O)[C@@H]2CCC(=O)N2)[C@H](C(C)C)c2ccc3c4c([nH]c3c2)-n2cnc(c2)C[C@H](C(=O)N[C@@H](CCCN=C(N)N)C(=O)O)NC(=O)CNC(=O)[C@H](CCCN=C(N)N)NC(=O)[C@H](C4)NC1=O. The first kappa shape index (κ1) is 63.4. The van der Waals surface area contributed by atoms with Gasteiger partial charge in [-0.3, -0.25) is 57.7 Å². The van der Waals surface area contributed by atoms with Crippen molar-refractivity contribution in [2.45, 2.75) is 160 Å². The average Bonchev–Trinajstić information content (AvgIpc) is 4.40. The average molecular weight is 1160 g/mol. The smallest absolute Gasteiger partial charge is 0.326 e. The number of aliphatic imine (C=N–C) groups is 2. The summed E-state index contributed by atoms with van der Waals surface area (Å²) in [5, 5.41) is 35.2. The van der Waals surface area contributed by atoms with E-state index in [0.717, 1.165) is 0 Å². The number of carbonyl (C=O) groups is 10. The number of imidazole rings is 1. The number of benzene rings is 1. The second-order valence-corrected chi connectivity index (χ2v) is 22.2. The summed E-state index contributed by atoms with van der Waals surface area (Å²) >= 11 is 0. The number of fused-ring (bicyclic) bond motifs is 13. The summed E-state index contributed by atoms with van der Waals surface area (Å²) < 4.78 is 1.57. The van der Waals surface area contributed by atoms with Crippen molar-refractivity contribution < 1.29 is 53.1 Å². The maximum Gasteiger partial charge on any atom is 0.326 e. The van der Waals surface area contributed by atoms with E-state index in [2.05, 4.69) is 67.8 Å². The Balaban J connectivity index is 1.56. The van der Waals surface area contributed by atoms with Crippen LogP contribution in [-0.2, 0) is 60.8 Å². The lowest BCUT2D eigenvalue weighted by Gasteiger charge is -2.33. The van der Waals surface area contributed by atoms with Gasteiger partial charge in [-0.05, 0) is 67.9 Å². The molecule has 2 aromatic heterocycles. The van der Waals surface area contributed by atoms with E-state index in [1.807, 2.05) is 34.6 Å². The molecule has 29 nitrogen and oxygen atoms in total. The van der Waals surface area contributed by atoms with Gasteiger partial charge in [0, 0.05) is 60.9 Å². The molecule has 0 unspecified atom stereocenters. The van der Waals surface area contributed by atoms with Crippen LogP contribution in [0.1, 0.15) is 116 Å². The molecule has 0 saturated carbocycles. The third-order valence-electron chi connectivity index (χ3n) is 15.0. The number of nitrogens with one attached hydrogen (secondary N) is 10. The molecule has 0 spiro atoms. The van der Waals surface area contributed by atoms with Crippen LogP contribution in [0.5, 0.6) is 0 Å². The number of aromatic nitrogens is 3. The Kier molecular flexibility index (Phi) is 22.0. The van der Waals surface area contributed by atoms with Crippen molar-refractivity contribution in [1.29, 1.82) is 0 Å². The third kappa shape index (κ3) is 17.1. The molecule has 452 valence electrons. The molecule has 1 saturated heterocycles. The molecule has 19 N–H and O–H groups in total. The maximum absolute atomic E-state index is 15.1. The first-order valence-electron chi connectivity index (χ1n) is 28.0. The number of hydrogen-bond acceptors (Lipinski definition) is 13. The van der Waals surface area contributed by atoms with Crippen LogP contribution in [0.2, 0.25) is 0 Å². The molecule has 4 aliphatic heterocycles. The van der Waals surface area contributed by atoms with Gasteiger partial charge in [-0.15, -0.1) is 0 Å². The molecular weight excluding hydrogens is 1080 g/mol. The minimum Gasteiger partial charge on any atom is -0.480 e. The largest absolute Gasteiger partial charge is 0.480 e. The molecular formula is C54H80N18O11. The van der Waals surface area contributed by atoms with Crippen molar-refractivity contribution in [2.24, 2.45) is 50.7 Å². The van der Waals surface area contributed by atoms with E-state index in [1.165, 1.54) is 6.33 Å². The molecule has 0 radical (unpaired) electrons. The Morgan fingerprint density at radius 2 is 1.47 bits per heavy atom. The Hall–Kier alpha value is -8.79. The lowest BCUT2D eigenvalue weighted by Crippen LogP contribution is -2.61. The zero-order valence-electron chi connectivity index (χ0n) is 47.6. The van der Waals surface area contributed by atoms with Crippen LogP contribution < -0.4 is 70.8 Å². The number of carboxylic acid groups (broad SMARTS) is 1. The number of aliphatic carboxylic acids is 1. The number of guanidine groups is 2. The molecule has 83 heavy (non-hydrogen) atoms. The molecule has 3 aromatic rings. The first-order valence-corrected chi connectivity index (χ1v) is 28.0. The monoisotopic (exact) mass is 1160 g/mol. The number of carboxylic acids is 1. The van der Waals surface area contributed by atoms with Crippen molar-refractivity contribution in [3.8, 4) is 5.82 Å². The zero-order valence-corrected chi connectivity index (χ0v) is 47.6. The summed E-state index contributed by atoms with van der Waals surface area (Å²) in [6.45, 7) is 10.4. The fraction of sp³-hybridized carbons (Fsp3) is 0.574. The number of nitrogens with zero attached hydrogens (tertiary/aromatic N) is 4. The Bertz CT molecular complexity index is 2960. The number of hydrogen-bond donors (Lipinski definition) is 15. The second kappa shape index (κ2) is 28.8. The number of carbonyl (C=O) groups excluding carboxylic acids is 9. The molecule has 4 aliphatic rings. The standard InChI is InChI=1S/C54H80N18O11/c1-7-27(6)42-50(80)69-38-21-31-30-13-12-28(41(26(4)5)43(71-46(76)33-14-15-39(73)63-33)51(81)68-36(18-25(2)3)49(79)70-42)19-35(30)65-44(31)72-23-29(62-24-72)20-37(47(77)67-34(52(82)83)11-9-17-60-54(57)58)64-40(74)22-61-45(75)32(66-48(38)78)10-8-16-59-53(55)56/h12-13,19,23-27,32-34,36-38,41-43,65H,7-11,14-18,20-22H2,1-6H3,(H,61,75)(H,63,73)(H,64,74)(H,66,78)(H,67,77)(H,68,81)(H,69,80)(H,70,79)(H,71,76)(H,82,83)(H4,55,56,59)(H4,57,58,60)/t27-,32-,33-,34-,36-,37+,38-,41+,42-,43-/m0/s1. The van der Waals surface area contributed by atoms with Gasteiger partial charge in [-0.2, -0.15) is 0 Å². The van der Waals surface area contributed by atoms with Crippen molar-refractivity contribution >= 4 is 82.0 Å². The molecule has 1 aromatic carbocycles. The van der Waals surface area contributed by atoms with Gasteiger partial charge in [-0.1, -0.05) is 60.1 Å². The number of nitrogens with two attached hydrogens (primary N) is 4. The van der Waals surface area contributed by atoms with Gasteiger partial charge in [0.15, 0.2) is 11.9 Å². The van der Waals surface area contributed by atoms with E-state index in [0.29, 0.717) is 34.3 Å². The number of amides is 9. The van der Waals surface area contributed by atoms with Gasteiger partial charge >= 0.3 is 5.97 Å². The lowest BCUT2D eigenvalue weighted by molar-refractivity contribution is -0.142. The topological polar surface area (TPSA) is 462 Å². The fourth-order valence-electron chi connectivity index (χ4n) is 10.5. The maximum atomic E-state index is 15.1. The Labute approximate surface area is 479 Å². The second-order valence-electron chi connectivity index (χ2n) is 22.2. The minimum atomic E-state index is -1.49. The molecule has 0 aliphatic carbocycles. The van der Waals surface area contributed by atoms with Crippen LogP contribution in [0, 0.1) is 17.8 Å². The Morgan fingerprint density at radius 1 is 0.783 bits per heavy atom. The molecule has 6 heterocycles.